The fourth-order valence-electron chi connectivity index (χ4n) is 1.84. The third-order valence-corrected chi connectivity index (χ3v) is 3.78. The van der Waals surface area contributed by atoms with Gasteiger partial charge in [-0.3, -0.25) is 0 Å². The van der Waals surface area contributed by atoms with Gasteiger partial charge in [0.2, 0.25) is 0 Å². The lowest BCUT2D eigenvalue weighted by Gasteiger charge is -2.32. The first-order chi connectivity index (χ1) is 7.89. The van der Waals surface area contributed by atoms with Crippen LogP contribution < -0.4 is 5.66 Å². The van der Waals surface area contributed by atoms with Gasteiger partial charge in [0.25, 0.3) is 0 Å². The largest absolute Gasteiger partial charge is 0.532 e. The maximum Gasteiger partial charge on any atom is 0.532 e. The molecule has 0 N–H and O–H groups in total. The molecule has 5 heteroatoms. The van der Waals surface area contributed by atoms with Crippen LogP contribution in [0, 0.1) is 0 Å². The summed E-state index contributed by atoms with van der Waals surface area (Å²) in [6, 6.07) is 3.83. The van der Waals surface area contributed by atoms with Crippen LogP contribution in [0.25, 0.3) is 0 Å². The summed E-state index contributed by atoms with van der Waals surface area (Å²) in [5, 5.41) is 0. The van der Waals surface area contributed by atoms with E-state index in [0.717, 1.165) is 12.4 Å². The van der Waals surface area contributed by atoms with Crippen molar-refractivity contribution in [3.8, 4) is 0 Å². The van der Waals surface area contributed by atoms with E-state index in [1.54, 1.807) is 0 Å². The summed E-state index contributed by atoms with van der Waals surface area (Å²) in [6.07, 6.45) is 0.131. The molecule has 2 fully saturated rings. The van der Waals surface area contributed by atoms with Crippen LogP contribution in [0.15, 0.2) is 16.5 Å². The van der Waals surface area contributed by atoms with Crippen LogP contribution in [0.4, 0.5) is 0 Å². The molecule has 1 unspecified atom stereocenters. The molecular formula is C12H17BO4. The maximum atomic E-state index is 5.91. The van der Waals surface area contributed by atoms with Gasteiger partial charge < -0.3 is 18.5 Å². The third kappa shape index (κ3) is 1.82. The van der Waals surface area contributed by atoms with Gasteiger partial charge >= 0.3 is 7.12 Å². The highest BCUT2D eigenvalue weighted by atomic mass is 16.7. The fourth-order valence-corrected chi connectivity index (χ4v) is 1.84. The van der Waals surface area contributed by atoms with E-state index >= 15 is 0 Å². The number of hydrogen-bond acceptors (Lipinski definition) is 4. The average Bonchev–Trinajstić information content (AvgIpc) is 2.89. The molecule has 3 rings (SSSR count). The number of rotatable bonds is 2. The van der Waals surface area contributed by atoms with Crippen molar-refractivity contribution in [2.75, 3.05) is 6.61 Å². The molecule has 0 aromatic carbocycles. The molecule has 2 saturated heterocycles. The molecule has 1 aromatic rings. The molecule has 2 aliphatic heterocycles. The van der Waals surface area contributed by atoms with E-state index in [2.05, 4.69) is 0 Å². The van der Waals surface area contributed by atoms with Crippen molar-refractivity contribution in [3.63, 3.8) is 0 Å². The summed E-state index contributed by atoms with van der Waals surface area (Å²) in [6.45, 7) is 8.86. The molecule has 0 spiro atoms. The Morgan fingerprint density at radius 3 is 2.24 bits per heavy atom. The van der Waals surface area contributed by atoms with Crippen molar-refractivity contribution < 1.29 is 18.5 Å². The summed E-state index contributed by atoms with van der Waals surface area (Å²) in [4.78, 5) is 0. The Morgan fingerprint density at radius 2 is 1.71 bits per heavy atom. The lowest BCUT2D eigenvalue weighted by Crippen LogP contribution is -2.41. The van der Waals surface area contributed by atoms with Crippen LogP contribution in [0.5, 0.6) is 0 Å². The molecule has 0 aliphatic carbocycles. The Hall–Kier alpha value is -0.775. The summed E-state index contributed by atoms with van der Waals surface area (Å²) in [5.41, 5.74) is 0.0515. The Labute approximate surface area is 101 Å². The lowest BCUT2D eigenvalue weighted by atomic mass is 9.86. The third-order valence-electron chi connectivity index (χ3n) is 3.78. The van der Waals surface area contributed by atoms with Gasteiger partial charge in [-0.2, -0.15) is 0 Å². The number of furan rings is 1. The second kappa shape index (κ2) is 3.37. The molecule has 0 amide bonds. The van der Waals surface area contributed by atoms with Crippen molar-refractivity contribution in [3.05, 3.63) is 17.9 Å². The average molecular weight is 236 g/mol. The topological polar surface area (TPSA) is 44.1 Å². The number of ether oxygens (including phenoxy) is 1. The Kier molecular flexibility index (Phi) is 2.25. The van der Waals surface area contributed by atoms with E-state index in [4.69, 9.17) is 18.5 Å². The predicted octanol–water partition coefficient (Wildman–Crippen LogP) is 1.65. The van der Waals surface area contributed by atoms with E-state index in [9.17, 15) is 0 Å². The monoisotopic (exact) mass is 236 g/mol. The van der Waals surface area contributed by atoms with Gasteiger partial charge in [0, 0.05) is 0 Å². The molecule has 3 heterocycles. The molecule has 0 radical (unpaired) electrons. The zero-order valence-electron chi connectivity index (χ0n) is 10.6. The standard InChI is InChI=1S/C12H17BO4/c1-11(2)12(3,4)17-13(16-11)10-6-5-8(15-10)9-7-14-9/h5-6,9H,7H2,1-4H3. The zero-order chi connectivity index (χ0) is 12.3. The minimum Gasteiger partial charge on any atom is -0.467 e. The van der Waals surface area contributed by atoms with Gasteiger partial charge in [-0.15, -0.1) is 0 Å². The van der Waals surface area contributed by atoms with Crippen LogP contribution in [0.1, 0.15) is 39.6 Å². The van der Waals surface area contributed by atoms with Gasteiger partial charge in [-0.1, -0.05) is 0 Å². The van der Waals surface area contributed by atoms with Crippen molar-refractivity contribution in [1.29, 1.82) is 0 Å². The summed E-state index contributed by atoms with van der Waals surface area (Å²) in [5.74, 6) is 0.856. The normalized spacial score (nSPS) is 29.6. The highest BCUT2D eigenvalue weighted by Gasteiger charge is 2.53. The lowest BCUT2D eigenvalue weighted by molar-refractivity contribution is 0.00578. The van der Waals surface area contributed by atoms with Crippen LogP contribution >= 0.6 is 0 Å². The van der Waals surface area contributed by atoms with E-state index < -0.39 is 7.12 Å². The highest BCUT2D eigenvalue weighted by Crippen LogP contribution is 2.37. The Balaban J connectivity index is 1.81. The number of hydrogen-bond donors (Lipinski definition) is 0. The highest BCUT2D eigenvalue weighted by molar-refractivity contribution is 6.60. The molecule has 0 bridgehead atoms. The van der Waals surface area contributed by atoms with Crippen LogP contribution in [-0.2, 0) is 14.0 Å². The minimum atomic E-state index is -0.424. The van der Waals surface area contributed by atoms with Gasteiger partial charge in [-0.25, -0.2) is 0 Å². The molecular weight excluding hydrogens is 219 g/mol. The molecule has 1 atom stereocenters. The first-order valence-corrected chi connectivity index (χ1v) is 5.96. The summed E-state index contributed by atoms with van der Waals surface area (Å²) < 4.78 is 22.7. The first-order valence-electron chi connectivity index (χ1n) is 5.96. The zero-order valence-corrected chi connectivity index (χ0v) is 10.6. The molecule has 17 heavy (non-hydrogen) atoms. The molecule has 4 nitrogen and oxygen atoms in total. The Morgan fingerprint density at radius 1 is 1.12 bits per heavy atom. The molecule has 0 saturated carbocycles. The van der Waals surface area contributed by atoms with E-state index in [1.807, 2.05) is 39.8 Å². The minimum absolute atomic E-state index is 0.131. The van der Waals surface area contributed by atoms with E-state index in [-0.39, 0.29) is 17.3 Å². The van der Waals surface area contributed by atoms with Gasteiger partial charge in [0.1, 0.15) is 17.5 Å². The Bertz CT molecular complexity index is 417. The second-order valence-corrected chi connectivity index (χ2v) is 5.65. The van der Waals surface area contributed by atoms with Crippen molar-refractivity contribution >= 4 is 12.8 Å². The van der Waals surface area contributed by atoms with Crippen LogP contribution in [0.3, 0.4) is 0 Å². The smallest absolute Gasteiger partial charge is 0.467 e. The molecule has 2 aliphatic rings. The quantitative estimate of drug-likeness (QED) is 0.578. The van der Waals surface area contributed by atoms with E-state index in [1.165, 1.54) is 0 Å². The second-order valence-electron chi connectivity index (χ2n) is 5.65. The van der Waals surface area contributed by atoms with Crippen molar-refractivity contribution in [1.82, 2.24) is 0 Å². The SMILES string of the molecule is CC1(C)OB(c2ccc(C3CO3)o2)OC1(C)C. The molecule has 1 aromatic heterocycles. The van der Waals surface area contributed by atoms with Crippen molar-refractivity contribution in [2.45, 2.75) is 45.0 Å². The first kappa shape index (κ1) is 11.3. The van der Waals surface area contributed by atoms with Crippen molar-refractivity contribution in [2.24, 2.45) is 0 Å². The van der Waals surface area contributed by atoms with Gasteiger partial charge in [0.15, 0.2) is 0 Å². The summed E-state index contributed by atoms with van der Waals surface area (Å²) in [7, 11) is -0.424. The van der Waals surface area contributed by atoms with Gasteiger partial charge in [0.05, 0.1) is 17.8 Å². The maximum absolute atomic E-state index is 5.91. The van der Waals surface area contributed by atoms with Gasteiger partial charge in [-0.05, 0) is 39.8 Å². The van der Waals surface area contributed by atoms with Crippen LogP contribution in [-0.4, -0.2) is 24.9 Å². The molecule has 92 valence electrons. The fraction of sp³-hybridized carbons (Fsp3) is 0.667. The number of epoxide rings is 1. The van der Waals surface area contributed by atoms with Crippen LogP contribution in [0.2, 0.25) is 0 Å². The van der Waals surface area contributed by atoms with E-state index in [0.29, 0.717) is 5.66 Å². The summed E-state index contributed by atoms with van der Waals surface area (Å²) >= 11 is 0. The predicted molar refractivity (Wildman–Crippen MR) is 63.1 cm³/mol.